The highest BCUT2D eigenvalue weighted by molar-refractivity contribution is 7.99. The first-order valence-electron chi connectivity index (χ1n) is 4.63. The highest BCUT2D eigenvalue weighted by Crippen LogP contribution is 2.23. The molecule has 1 N–H and O–H groups in total. The molecule has 0 saturated carbocycles. The Kier molecular flexibility index (Phi) is 3.78. The van der Waals surface area contributed by atoms with E-state index in [2.05, 4.69) is 36.0 Å². The smallest absolute Gasteiger partial charge is 0.208 e. The summed E-state index contributed by atoms with van der Waals surface area (Å²) in [6.45, 7) is 8.61. The molecule has 0 bridgehead atoms. The topological polar surface area (TPSA) is 41.6 Å². The molecule has 0 amide bonds. The molecule has 1 atom stereocenters. The molecule has 1 rings (SSSR count). The van der Waals surface area contributed by atoms with E-state index in [1.807, 2.05) is 6.92 Å². The van der Waals surface area contributed by atoms with E-state index in [0.717, 1.165) is 16.9 Å². The molecule has 13 heavy (non-hydrogen) atoms. The number of aromatic amines is 1. The van der Waals surface area contributed by atoms with Crippen LogP contribution in [0.25, 0.3) is 0 Å². The Bertz CT molecular complexity index is 257. The van der Waals surface area contributed by atoms with E-state index >= 15 is 0 Å². The Morgan fingerprint density at radius 3 is 2.54 bits per heavy atom. The van der Waals surface area contributed by atoms with Crippen LogP contribution in [0.5, 0.6) is 0 Å². The monoisotopic (exact) mass is 199 g/mol. The average molecular weight is 199 g/mol. The van der Waals surface area contributed by atoms with Gasteiger partial charge in [0.1, 0.15) is 5.82 Å². The van der Waals surface area contributed by atoms with Gasteiger partial charge in [0.2, 0.25) is 5.16 Å². The minimum atomic E-state index is 0.593. The largest absolute Gasteiger partial charge is 0.262 e. The maximum atomic E-state index is 4.25. The second-order valence-corrected chi connectivity index (χ2v) is 5.17. The first-order chi connectivity index (χ1) is 6.08. The van der Waals surface area contributed by atoms with Crippen molar-refractivity contribution in [2.75, 3.05) is 0 Å². The van der Waals surface area contributed by atoms with Gasteiger partial charge in [-0.05, 0) is 19.3 Å². The van der Waals surface area contributed by atoms with Crippen molar-refractivity contribution in [3.8, 4) is 0 Å². The van der Waals surface area contributed by atoms with Crippen LogP contribution in [0.1, 0.15) is 33.0 Å². The molecule has 0 radical (unpaired) electrons. The maximum absolute atomic E-state index is 4.25. The Morgan fingerprint density at radius 1 is 1.38 bits per heavy atom. The van der Waals surface area contributed by atoms with Crippen LogP contribution in [0.4, 0.5) is 0 Å². The van der Waals surface area contributed by atoms with Gasteiger partial charge >= 0.3 is 0 Å². The van der Waals surface area contributed by atoms with Gasteiger partial charge in [-0.1, -0.05) is 32.5 Å². The molecule has 1 heterocycles. The molecule has 0 aromatic carbocycles. The number of aryl methyl sites for hydroxylation is 1. The van der Waals surface area contributed by atoms with Crippen LogP contribution < -0.4 is 0 Å². The van der Waals surface area contributed by atoms with Crippen molar-refractivity contribution in [2.24, 2.45) is 5.92 Å². The van der Waals surface area contributed by atoms with Crippen LogP contribution >= 0.6 is 11.8 Å². The summed E-state index contributed by atoms with van der Waals surface area (Å²) in [6.07, 6.45) is 1.21. The third-order valence-electron chi connectivity index (χ3n) is 1.69. The minimum Gasteiger partial charge on any atom is -0.262 e. The third kappa shape index (κ3) is 3.81. The van der Waals surface area contributed by atoms with Gasteiger partial charge in [-0.15, -0.1) is 5.10 Å². The zero-order valence-corrected chi connectivity index (χ0v) is 9.48. The van der Waals surface area contributed by atoms with Gasteiger partial charge < -0.3 is 0 Å². The number of hydrogen-bond donors (Lipinski definition) is 1. The second kappa shape index (κ2) is 4.65. The van der Waals surface area contributed by atoms with Gasteiger partial charge in [0.15, 0.2) is 0 Å². The Labute approximate surface area is 83.7 Å². The van der Waals surface area contributed by atoms with E-state index in [4.69, 9.17) is 0 Å². The lowest BCUT2D eigenvalue weighted by molar-refractivity contribution is 0.584. The van der Waals surface area contributed by atoms with E-state index in [1.165, 1.54) is 6.42 Å². The lowest BCUT2D eigenvalue weighted by atomic mass is 10.1. The Hall–Kier alpha value is -0.510. The van der Waals surface area contributed by atoms with E-state index in [1.54, 1.807) is 11.8 Å². The van der Waals surface area contributed by atoms with Crippen LogP contribution in [0.3, 0.4) is 0 Å². The maximum Gasteiger partial charge on any atom is 0.208 e. The van der Waals surface area contributed by atoms with Crippen LogP contribution in [-0.2, 0) is 0 Å². The van der Waals surface area contributed by atoms with Crippen molar-refractivity contribution in [1.82, 2.24) is 15.2 Å². The number of aromatic nitrogens is 3. The molecule has 0 aliphatic rings. The fourth-order valence-electron chi connectivity index (χ4n) is 1.27. The van der Waals surface area contributed by atoms with Crippen molar-refractivity contribution in [2.45, 2.75) is 44.5 Å². The van der Waals surface area contributed by atoms with Crippen LogP contribution in [-0.4, -0.2) is 20.4 Å². The van der Waals surface area contributed by atoms with Crippen LogP contribution in [0.15, 0.2) is 5.16 Å². The lowest BCUT2D eigenvalue weighted by Gasteiger charge is -2.10. The fourth-order valence-corrected chi connectivity index (χ4v) is 2.40. The van der Waals surface area contributed by atoms with Crippen molar-refractivity contribution in [1.29, 1.82) is 0 Å². The molecule has 0 aliphatic carbocycles. The average Bonchev–Trinajstić information content (AvgIpc) is 2.33. The zero-order chi connectivity index (χ0) is 9.84. The molecular formula is C9H17N3S. The SMILES string of the molecule is Cc1nc(SC(C)CC(C)C)n[nH]1. The van der Waals surface area contributed by atoms with Crippen molar-refractivity contribution >= 4 is 11.8 Å². The molecule has 74 valence electrons. The molecule has 0 spiro atoms. The van der Waals surface area contributed by atoms with E-state index < -0.39 is 0 Å². The van der Waals surface area contributed by atoms with Crippen molar-refractivity contribution in [3.63, 3.8) is 0 Å². The minimum absolute atomic E-state index is 0.593. The summed E-state index contributed by atoms with van der Waals surface area (Å²) in [5, 5.41) is 8.39. The molecule has 1 aromatic rings. The quantitative estimate of drug-likeness (QED) is 0.758. The van der Waals surface area contributed by atoms with Gasteiger partial charge in [-0.3, -0.25) is 5.10 Å². The summed E-state index contributed by atoms with van der Waals surface area (Å²) < 4.78 is 0. The first-order valence-corrected chi connectivity index (χ1v) is 5.51. The van der Waals surface area contributed by atoms with E-state index in [-0.39, 0.29) is 0 Å². The van der Waals surface area contributed by atoms with Gasteiger partial charge in [0.25, 0.3) is 0 Å². The molecular weight excluding hydrogens is 182 g/mol. The number of nitrogens with one attached hydrogen (secondary N) is 1. The molecule has 0 aliphatic heterocycles. The normalized spacial score (nSPS) is 13.6. The highest BCUT2D eigenvalue weighted by Gasteiger charge is 2.09. The van der Waals surface area contributed by atoms with Crippen molar-refractivity contribution < 1.29 is 0 Å². The van der Waals surface area contributed by atoms with Gasteiger partial charge in [0, 0.05) is 5.25 Å². The molecule has 3 nitrogen and oxygen atoms in total. The van der Waals surface area contributed by atoms with Crippen LogP contribution in [0.2, 0.25) is 0 Å². The van der Waals surface area contributed by atoms with Gasteiger partial charge in [-0.2, -0.15) is 0 Å². The third-order valence-corrected chi connectivity index (χ3v) is 2.67. The molecule has 0 fully saturated rings. The number of hydrogen-bond acceptors (Lipinski definition) is 3. The van der Waals surface area contributed by atoms with Crippen molar-refractivity contribution in [3.05, 3.63) is 5.82 Å². The molecule has 1 unspecified atom stereocenters. The lowest BCUT2D eigenvalue weighted by Crippen LogP contribution is -2.01. The van der Waals surface area contributed by atoms with Gasteiger partial charge in [0.05, 0.1) is 0 Å². The fraction of sp³-hybridized carbons (Fsp3) is 0.778. The summed E-state index contributed by atoms with van der Waals surface area (Å²) in [7, 11) is 0. The summed E-state index contributed by atoms with van der Waals surface area (Å²) in [5.74, 6) is 1.63. The predicted molar refractivity (Wildman–Crippen MR) is 55.9 cm³/mol. The van der Waals surface area contributed by atoms with E-state index in [0.29, 0.717) is 5.25 Å². The standard InChI is InChI=1S/C9H17N3S/c1-6(2)5-7(3)13-9-10-8(4)11-12-9/h6-7H,5H2,1-4H3,(H,10,11,12). The number of rotatable bonds is 4. The zero-order valence-electron chi connectivity index (χ0n) is 8.66. The summed E-state index contributed by atoms with van der Waals surface area (Å²) >= 11 is 1.74. The summed E-state index contributed by atoms with van der Waals surface area (Å²) in [6, 6.07) is 0. The molecule has 4 heteroatoms. The van der Waals surface area contributed by atoms with Crippen LogP contribution in [0, 0.1) is 12.8 Å². The number of H-pyrrole nitrogens is 1. The number of thioether (sulfide) groups is 1. The summed E-state index contributed by atoms with van der Waals surface area (Å²) in [4.78, 5) is 4.25. The highest BCUT2D eigenvalue weighted by atomic mass is 32.2. The molecule has 0 saturated heterocycles. The van der Waals surface area contributed by atoms with Gasteiger partial charge in [-0.25, -0.2) is 4.98 Å². The summed E-state index contributed by atoms with van der Waals surface area (Å²) in [5.41, 5.74) is 0. The number of nitrogens with zero attached hydrogens (tertiary/aromatic N) is 2. The second-order valence-electron chi connectivity index (χ2n) is 3.76. The molecule has 1 aromatic heterocycles. The predicted octanol–water partition coefficient (Wildman–Crippen LogP) is 2.64. The Morgan fingerprint density at radius 2 is 2.08 bits per heavy atom. The van der Waals surface area contributed by atoms with E-state index in [9.17, 15) is 0 Å². The Balaban J connectivity index is 2.40. The first kappa shape index (κ1) is 10.6.